The number of benzene rings is 1. The molecular weight excluding hydrogens is 173 g/mol. The van der Waals surface area contributed by atoms with Gasteiger partial charge in [-0.15, -0.1) is 0 Å². The minimum atomic E-state index is -0.370. The molecule has 70 valence electrons. The minimum absolute atomic E-state index is 0.334. The zero-order valence-electron chi connectivity index (χ0n) is 7.43. The van der Waals surface area contributed by atoms with Crippen molar-refractivity contribution in [3.63, 3.8) is 0 Å². The summed E-state index contributed by atoms with van der Waals surface area (Å²) in [6.45, 7) is 1.63. The van der Waals surface area contributed by atoms with Gasteiger partial charge in [-0.05, 0) is 18.6 Å². The van der Waals surface area contributed by atoms with E-state index in [1.807, 2.05) is 0 Å². The molecule has 0 spiro atoms. The molecule has 0 aliphatic heterocycles. The van der Waals surface area contributed by atoms with Crippen molar-refractivity contribution in [1.82, 2.24) is 0 Å². The Bertz CT molecular complexity index is 326. The van der Waals surface area contributed by atoms with E-state index in [0.717, 1.165) is 0 Å². The zero-order chi connectivity index (χ0) is 9.84. The second-order valence-electron chi connectivity index (χ2n) is 2.56. The number of carbonyl (C=O) groups excluding carboxylic acids is 1. The fourth-order valence-electron chi connectivity index (χ4n) is 1.00. The van der Waals surface area contributed by atoms with Gasteiger partial charge in [-0.25, -0.2) is 4.39 Å². The molecule has 1 rings (SSSR count). The number of halogens is 1. The number of hydrogen-bond acceptors (Lipinski definition) is 2. The first-order chi connectivity index (χ1) is 6.19. The molecule has 0 bridgehead atoms. The van der Waals surface area contributed by atoms with Crippen LogP contribution < -0.4 is 10.1 Å². The highest BCUT2D eigenvalue weighted by Gasteiger charge is 2.06. The fourth-order valence-corrected chi connectivity index (χ4v) is 1.00. The van der Waals surface area contributed by atoms with Crippen molar-refractivity contribution in [1.29, 1.82) is 0 Å². The Morgan fingerprint density at radius 3 is 2.77 bits per heavy atom. The van der Waals surface area contributed by atoms with Crippen molar-refractivity contribution < 1.29 is 13.9 Å². The number of carbonyl (C=O) groups is 1. The van der Waals surface area contributed by atoms with Crippen LogP contribution in [0.1, 0.15) is 5.56 Å². The van der Waals surface area contributed by atoms with E-state index < -0.39 is 0 Å². The Hall–Kier alpha value is -1.58. The lowest BCUT2D eigenvalue weighted by Gasteiger charge is -2.08. The molecule has 0 saturated heterocycles. The van der Waals surface area contributed by atoms with E-state index in [1.165, 1.54) is 19.2 Å². The van der Waals surface area contributed by atoms with Crippen molar-refractivity contribution in [3.05, 3.63) is 23.5 Å². The van der Waals surface area contributed by atoms with Gasteiger partial charge in [0.15, 0.2) is 0 Å². The quantitative estimate of drug-likeness (QED) is 0.724. The third-order valence-corrected chi connectivity index (χ3v) is 1.70. The van der Waals surface area contributed by atoms with Gasteiger partial charge >= 0.3 is 0 Å². The first kappa shape index (κ1) is 9.51. The molecule has 1 N–H and O–H groups in total. The van der Waals surface area contributed by atoms with Gasteiger partial charge in [0.25, 0.3) is 0 Å². The lowest BCUT2D eigenvalue weighted by atomic mass is 10.2. The smallest absolute Gasteiger partial charge is 0.211 e. The highest BCUT2D eigenvalue weighted by atomic mass is 19.1. The van der Waals surface area contributed by atoms with Crippen LogP contribution in [0, 0.1) is 12.7 Å². The monoisotopic (exact) mass is 183 g/mol. The molecule has 0 atom stereocenters. The van der Waals surface area contributed by atoms with Crippen LogP contribution in [0.15, 0.2) is 12.1 Å². The van der Waals surface area contributed by atoms with Crippen LogP contribution in [0.2, 0.25) is 0 Å². The average Bonchev–Trinajstić information content (AvgIpc) is 2.11. The fraction of sp³-hybridized carbons (Fsp3) is 0.222. The second kappa shape index (κ2) is 3.89. The van der Waals surface area contributed by atoms with Crippen molar-refractivity contribution in [3.8, 4) is 5.75 Å². The molecule has 3 nitrogen and oxygen atoms in total. The Balaban J connectivity index is 3.15. The average molecular weight is 183 g/mol. The van der Waals surface area contributed by atoms with Gasteiger partial charge in [-0.3, -0.25) is 4.79 Å². The van der Waals surface area contributed by atoms with Crippen LogP contribution >= 0.6 is 0 Å². The topological polar surface area (TPSA) is 38.3 Å². The van der Waals surface area contributed by atoms with E-state index in [4.69, 9.17) is 4.74 Å². The predicted molar refractivity (Wildman–Crippen MR) is 47.4 cm³/mol. The second-order valence-corrected chi connectivity index (χ2v) is 2.56. The van der Waals surface area contributed by atoms with Crippen molar-refractivity contribution in [2.45, 2.75) is 6.92 Å². The number of aryl methyl sites for hydroxylation is 1. The Morgan fingerprint density at radius 2 is 2.23 bits per heavy atom. The van der Waals surface area contributed by atoms with Crippen LogP contribution in [0.5, 0.6) is 5.75 Å². The summed E-state index contributed by atoms with van der Waals surface area (Å²) in [6.07, 6.45) is 0.479. The molecule has 1 aromatic carbocycles. The number of hydrogen-bond donors (Lipinski definition) is 1. The molecule has 1 aromatic rings. The van der Waals surface area contributed by atoms with Gasteiger partial charge in [0, 0.05) is 6.07 Å². The molecule has 0 aliphatic carbocycles. The summed E-state index contributed by atoms with van der Waals surface area (Å²) in [5.74, 6) is 0.0798. The summed E-state index contributed by atoms with van der Waals surface area (Å²) in [7, 11) is 1.46. The zero-order valence-corrected chi connectivity index (χ0v) is 7.43. The number of methoxy groups -OCH3 is 1. The molecule has 0 heterocycles. The van der Waals surface area contributed by atoms with Gasteiger partial charge in [-0.2, -0.15) is 0 Å². The summed E-state index contributed by atoms with van der Waals surface area (Å²) in [4.78, 5) is 10.1. The normalized spacial score (nSPS) is 9.46. The van der Waals surface area contributed by atoms with Crippen LogP contribution in [-0.4, -0.2) is 13.5 Å². The molecule has 0 aliphatic rings. The molecule has 0 fully saturated rings. The molecular formula is C9H10FNO2. The van der Waals surface area contributed by atoms with E-state index in [9.17, 15) is 9.18 Å². The highest BCUT2D eigenvalue weighted by molar-refractivity contribution is 5.75. The van der Waals surface area contributed by atoms with Gasteiger partial charge in [0.1, 0.15) is 11.6 Å². The summed E-state index contributed by atoms with van der Waals surface area (Å²) in [5, 5.41) is 2.35. The first-order valence-electron chi connectivity index (χ1n) is 3.73. The Labute approximate surface area is 75.5 Å². The molecule has 0 radical (unpaired) electrons. The number of anilines is 1. The van der Waals surface area contributed by atoms with E-state index in [1.54, 1.807) is 6.92 Å². The molecule has 4 heteroatoms. The summed E-state index contributed by atoms with van der Waals surface area (Å²) < 4.78 is 18.0. The number of nitrogens with one attached hydrogen (secondary N) is 1. The van der Waals surface area contributed by atoms with Gasteiger partial charge in [0.2, 0.25) is 6.41 Å². The molecule has 13 heavy (non-hydrogen) atoms. The van der Waals surface area contributed by atoms with Gasteiger partial charge in [-0.1, -0.05) is 0 Å². The third kappa shape index (κ3) is 1.96. The summed E-state index contributed by atoms with van der Waals surface area (Å²) in [5.41, 5.74) is 0.814. The van der Waals surface area contributed by atoms with Crippen molar-refractivity contribution >= 4 is 12.1 Å². The first-order valence-corrected chi connectivity index (χ1v) is 3.73. The lowest BCUT2D eigenvalue weighted by Crippen LogP contribution is -1.99. The maximum Gasteiger partial charge on any atom is 0.211 e. The predicted octanol–water partition coefficient (Wildman–Crippen LogP) is 1.71. The number of amides is 1. The van der Waals surface area contributed by atoms with Gasteiger partial charge < -0.3 is 10.1 Å². The number of ether oxygens (including phenoxy) is 1. The molecule has 0 saturated carbocycles. The Morgan fingerprint density at radius 1 is 1.54 bits per heavy atom. The molecule has 1 amide bonds. The maximum absolute atomic E-state index is 13.0. The third-order valence-electron chi connectivity index (χ3n) is 1.70. The van der Waals surface area contributed by atoms with Crippen LogP contribution in [-0.2, 0) is 4.79 Å². The van der Waals surface area contributed by atoms with E-state index in [-0.39, 0.29) is 5.82 Å². The summed E-state index contributed by atoms with van der Waals surface area (Å²) in [6, 6.07) is 2.75. The van der Waals surface area contributed by atoms with E-state index >= 15 is 0 Å². The molecule has 0 aromatic heterocycles. The maximum atomic E-state index is 13.0. The highest BCUT2D eigenvalue weighted by Crippen LogP contribution is 2.26. The summed E-state index contributed by atoms with van der Waals surface area (Å²) >= 11 is 0. The SMILES string of the molecule is COc1cc(C)c(F)cc1NC=O. The standard InChI is InChI=1S/C9H10FNO2/c1-6-3-9(13-2)8(11-5-12)4-7(6)10/h3-5H,1-2H3,(H,11,12). The molecule has 0 unspecified atom stereocenters. The number of rotatable bonds is 3. The lowest BCUT2D eigenvalue weighted by molar-refractivity contribution is -0.105. The van der Waals surface area contributed by atoms with Crippen molar-refractivity contribution in [2.75, 3.05) is 12.4 Å². The van der Waals surface area contributed by atoms with Gasteiger partial charge in [0.05, 0.1) is 12.8 Å². The largest absolute Gasteiger partial charge is 0.495 e. The van der Waals surface area contributed by atoms with Crippen LogP contribution in [0.3, 0.4) is 0 Å². The minimum Gasteiger partial charge on any atom is -0.495 e. The van der Waals surface area contributed by atoms with Crippen molar-refractivity contribution in [2.24, 2.45) is 0 Å². The van der Waals surface area contributed by atoms with E-state index in [0.29, 0.717) is 23.4 Å². The Kier molecular flexibility index (Phi) is 2.84. The van der Waals surface area contributed by atoms with Crippen LogP contribution in [0.25, 0.3) is 0 Å². The van der Waals surface area contributed by atoms with E-state index in [2.05, 4.69) is 5.32 Å². The van der Waals surface area contributed by atoms with Crippen LogP contribution in [0.4, 0.5) is 10.1 Å².